The molecule has 3 fully saturated rings. The SMILES string of the molecule is CCOC1CCCN(C2(CN)CCN3CCCC32)C1. The van der Waals surface area contributed by atoms with Crippen LogP contribution in [0.3, 0.4) is 0 Å². The first-order chi connectivity index (χ1) is 9.30. The lowest BCUT2D eigenvalue weighted by Gasteiger charge is -2.48. The van der Waals surface area contributed by atoms with Gasteiger partial charge < -0.3 is 10.5 Å². The Kier molecular flexibility index (Phi) is 4.13. The molecule has 4 heteroatoms. The zero-order valence-electron chi connectivity index (χ0n) is 12.3. The van der Waals surface area contributed by atoms with E-state index in [9.17, 15) is 0 Å². The van der Waals surface area contributed by atoms with Crippen molar-refractivity contribution in [3.8, 4) is 0 Å². The first-order valence-corrected chi connectivity index (χ1v) is 8.11. The van der Waals surface area contributed by atoms with Crippen molar-refractivity contribution in [1.82, 2.24) is 9.80 Å². The number of nitrogens with two attached hydrogens (primary N) is 1. The summed E-state index contributed by atoms with van der Waals surface area (Å²) in [7, 11) is 0. The Bertz CT molecular complexity index is 310. The van der Waals surface area contributed by atoms with E-state index in [2.05, 4.69) is 16.7 Å². The van der Waals surface area contributed by atoms with Gasteiger partial charge in [-0.3, -0.25) is 9.80 Å². The average molecular weight is 267 g/mol. The van der Waals surface area contributed by atoms with Crippen molar-refractivity contribution in [2.24, 2.45) is 5.73 Å². The normalized spacial score (nSPS) is 40.7. The van der Waals surface area contributed by atoms with Crippen molar-refractivity contribution in [2.75, 3.05) is 39.3 Å². The summed E-state index contributed by atoms with van der Waals surface area (Å²) in [4.78, 5) is 5.37. The third-order valence-electron chi connectivity index (χ3n) is 5.58. The van der Waals surface area contributed by atoms with Gasteiger partial charge in [0.15, 0.2) is 0 Å². The number of nitrogens with zero attached hydrogens (tertiary/aromatic N) is 2. The Morgan fingerprint density at radius 2 is 2.05 bits per heavy atom. The minimum Gasteiger partial charge on any atom is -0.377 e. The Morgan fingerprint density at radius 3 is 2.84 bits per heavy atom. The first kappa shape index (κ1) is 13.8. The van der Waals surface area contributed by atoms with E-state index >= 15 is 0 Å². The van der Waals surface area contributed by atoms with Crippen LogP contribution >= 0.6 is 0 Å². The number of piperidine rings is 1. The van der Waals surface area contributed by atoms with Crippen LogP contribution < -0.4 is 5.73 Å². The molecule has 0 aliphatic carbocycles. The molecule has 3 saturated heterocycles. The van der Waals surface area contributed by atoms with E-state index in [1.807, 2.05) is 0 Å². The summed E-state index contributed by atoms with van der Waals surface area (Å²) in [6, 6.07) is 0.706. The number of rotatable bonds is 4. The lowest BCUT2D eigenvalue weighted by Crippen LogP contribution is -2.62. The van der Waals surface area contributed by atoms with Crippen molar-refractivity contribution in [3.05, 3.63) is 0 Å². The first-order valence-electron chi connectivity index (χ1n) is 8.11. The molecule has 3 heterocycles. The Labute approximate surface area is 117 Å². The van der Waals surface area contributed by atoms with Crippen LogP contribution in [0.2, 0.25) is 0 Å². The van der Waals surface area contributed by atoms with Gasteiger partial charge in [-0.15, -0.1) is 0 Å². The minimum atomic E-state index is 0.242. The summed E-state index contributed by atoms with van der Waals surface area (Å²) < 4.78 is 5.88. The van der Waals surface area contributed by atoms with Gasteiger partial charge in [0.2, 0.25) is 0 Å². The molecule has 19 heavy (non-hydrogen) atoms. The maximum absolute atomic E-state index is 6.27. The smallest absolute Gasteiger partial charge is 0.0702 e. The Hall–Kier alpha value is -0.160. The van der Waals surface area contributed by atoms with Crippen LogP contribution in [-0.4, -0.2) is 66.8 Å². The van der Waals surface area contributed by atoms with Gasteiger partial charge >= 0.3 is 0 Å². The molecule has 0 aromatic rings. The van der Waals surface area contributed by atoms with E-state index < -0.39 is 0 Å². The molecule has 0 spiro atoms. The molecule has 0 aromatic heterocycles. The standard InChI is InChI=1S/C15H29N3O/c1-2-19-13-5-3-9-18(11-13)15(12-16)7-10-17-8-4-6-14(15)17/h13-14H,2-12,16H2,1H3. The van der Waals surface area contributed by atoms with Crippen LogP contribution in [0.1, 0.15) is 39.0 Å². The van der Waals surface area contributed by atoms with Gasteiger partial charge in [0.1, 0.15) is 0 Å². The highest BCUT2D eigenvalue weighted by molar-refractivity contribution is 5.10. The maximum atomic E-state index is 6.27. The third-order valence-corrected chi connectivity index (χ3v) is 5.58. The Balaban J connectivity index is 1.74. The fraction of sp³-hybridized carbons (Fsp3) is 1.00. The second-order valence-electron chi connectivity index (χ2n) is 6.42. The summed E-state index contributed by atoms with van der Waals surface area (Å²) in [6.07, 6.45) is 6.87. The topological polar surface area (TPSA) is 41.7 Å². The molecule has 3 unspecified atom stereocenters. The second-order valence-corrected chi connectivity index (χ2v) is 6.42. The van der Waals surface area contributed by atoms with Crippen molar-refractivity contribution in [1.29, 1.82) is 0 Å². The predicted molar refractivity (Wildman–Crippen MR) is 77.2 cm³/mol. The summed E-state index contributed by atoms with van der Waals surface area (Å²) in [6.45, 7) is 8.59. The average Bonchev–Trinajstić information content (AvgIpc) is 3.01. The van der Waals surface area contributed by atoms with E-state index in [4.69, 9.17) is 10.5 Å². The number of fused-ring (bicyclic) bond motifs is 1. The van der Waals surface area contributed by atoms with Gasteiger partial charge in [-0.1, -0.05) is 0 Å². The largest absolute Gasteiger partial charge is 0.377 e. The van der Waals surface area contributed by atoms with Crippen LogP contribution in [0.25, 0.3) is 0 Å². The summed E-state index contributed by atoms with van der Waals surface area (Å²) in [5.74, 6) is 0. The van der Waals surface area contributed by atoms with E-state index in [-0.39, 0.29) is 5.54 Å². The van der Waals surface area contributed by atoms with Crippen LogP contribution in [0.5, 0.6) is 0 Å². The third kappa shape index (κ3) is 2.33. The van der Waals surface area contributed by atoms with Crippen molar-refractivity contribution in [3.63, 3.8) is 0 Å². The summed E-state index contributed by atoms with van der Waals surface area (Å²) in [5.41, 5.74) is 6.51. The number of hydrogen-bond acceptors (Lipinski definition) is 4. The van der Waals surface area contributed by atoms with Gasteiger partial charge in [0.05, 0.1) is 6.10 Å². The zero-order chi connectivity index (χ0) is 13.3. The van der Waals surface area contributed by atoms with Crippen LogP contribution in [0, 0.1) is 0 Å². The molecule has 0 bridgehead atoms. The van der Waals surface area contributed by atoms with E-state index in [0.717, 1.165) is 19.7 Å². The highest BCUT2D eigenvalue weighted by Crippen LogP contribution is 2.40. The highest BCUT2D eigenvalue weighted by atomic mass is 16.5. The number of likely N-dealkylation sites (tertiary alicyclic amines) is 1. The molecular formula is C15H29N3O. The molecule has 0 saturated carbocycles. The van der Waals surface area contributed by atoms with E-state index in [1.54, 1.807) is 0 Å². The fourth-order valence-corrected chi connectivity index (χ4v) is 4.66. The lowest BCUT2D eigenvalue weighted by atomic mass is 9.85. The summed E-state index contributed by atoms with van der Waals surface area (Å²) >= 11 is 0. The van der Waals surface area contributed by atoms with Crippen LogP contribution in [0.4, 0.5) is 0 Å². The highest BCUT2D eigenvalue weighted by Gasteiger charge is 2.52. The van der Waals surface area contributed by atoms with Crippen molar-refractivity contribution in [2.45, 2.75) is 56.7 Å². The molecule has 2 N–H and O–H groups in total. The minimum absolute atomic E-state index is 0.242. The van der Waals surface area contributed by atoms with Gasteiger partial charge in [-0.05, 0) is 52.1 Å². The molecule has 0 radical (unpaired) electrons. The molecule has 3 atom stereocenters. The van der Waals surface area contributed by atoms with Crippen molar-refractivity contribution >= 4 is 0 Å². The number of hydrogen-bond donors (Lipinski definition) is 1. The maximum Gasteiger partial charge on any atom is 0.0702 e. The van der Waals surface area contributed by atoms with Gasteiger partial charge in [-0.2, -0.15) is 0 Å². The molecule has 0 amide bonds. The van der Waals surface area contributed by atoms with Gasteiger partial charge in [-0.25, -0.2) is 0 Å². The molecule has 3 aliphatic rings. The second kappa shape index (κ2) is 5.68. The van der Waals surface area contributed by atoms with Gasteiger partial charge in [0, 0.05) is 37.8 Å². The number of ether oxygens (including phenoxy) is 1. The van der Waals surface area contributed by atoms with Crippen molar-refractivity contribution < 1.29 is 4.74 Å². The molecule has 4 nitrogen and oxygen atoms in total. The zero-order valence-corrected chi connectivity index (χ0v) is 12.3. The molecule has 110 valence electrons. The monoisotopic (exact) mass is 267 g/mol. The van der Waals surface area contributed by atoms with Crippen LogP contribution in [-0.2, 0) is 4.74 Å². The Morgan fingerprint density at radius 1 is 1.21 bits per heavy atom. The molecule has 3 rings (SSSR count). The van der Waals surface area contributed by atoms with Crippen LogP contribution in [0.15, 0.2) is 0 Å². The quantitative estimate of drug-likeness (QED) is 0.827. The van der Waals surface area contributed by atoms with Gasteiger partial charge in [0.25, 0.3) is 0 Å². The molecular weight excluding hydrogens is 238 g/mol. The molecule has 3 aliphatic heterocycles. The van der Waals surface area contributed by atoms with E-state index in [0.29, 0.717) is 12.1 Å². The predicted octanol–water partition coefficient (Wildman–Crippen LogP) is 1.05. The molecule has 0 aromatic carbocycles. The lowest BCUT2D eigenvalue weighted by molar-refractivity contribution is -0.0398. The summed E-state index contributed by atoms with van der Waals surface area (Å²) in [5, 5.41) is 0. The fourth-order valence-electron chi connectivity index (χ4n) is 4.66. The van der Waals surface area contributed by atoms with E-state index in [1.165, 1.54) is 51.7 Å².